The van der Waals surface area contributed by atoms with Crippen LogP contribution in [0.3, 0.4) is 0 Å². The van der Waals surface area contributed by atoms with Crippen molar-refractivity contribution in [2.75, 3.05) is 0 Å². The van der Waals surface area contributed by atoms with E-state index in [2.05, 4.69) is 40.3 Å². The number of allylic oxidation sites excluding steroid dienone is 2. The van der Waals surface area contributed by atoms with Crippen molar-refractivity contribution in [1.82, 2.24) is 0 Å². The second-order valence-electron chi connectivity index (χ2n) is 11.7. The Balaban J connectivity index is 1.45. The highest BCUT2D eigenvalue weighted by Crippen LogP contribution is 2.66. The molecule has 3 saturated carbocycles. The topological polar surface area (TPSA) is 20.2 Å². The Morgan fingerprint density at radius 1 is 1.14 bits per heavy atom. The highest BCUT2D eigenvalue weighted by molar-refractivity contribution is 5.25. The summed E-state index contributed by atoms with van der Waals surface area (Å²) in [6.07, 6.45) is 16.8. The predicted octanol–water partition coefficient (Wildman–Crippen LogP) is 7.31. The first kappa shape index (κ1) is 20.7. The van der Waals surface area contributed by atoms with E-state index in [1.807, 2.05) is 0 Å². The van der Waals surface area contributed by atoms with Crippen LogP contribution in [0.2, 0.25) is 0 Å². The number of fused-ring (bicyclic) bond motifs is 5. The van der Waals surface area contributed by atoms with E-state index in [1.54, 1.807) is 5.57 Å². The molecule has 0 amide bonds. The van der Waals surface area contributed by atoms with Crippen molar-refractivity contribution in [2.45, 2.75) is 104 Å². The van der Waals surface area contributed by atoms with E-state index in [4.69, 9.17) is 0 Å². The van der Waals surface area contributed by atoms with Crippen LogP contribution in [-0.4, -0.2) is 11.2 Å². The summed E-state index contributed by atoms with van der Waals surface area (Å²) in [6, 6.07) is 0. The summed E-state index contributed by atoms with van der Waals surface area (Å²) in [5.74, 6) is 4.28. The van der Waals surface area contributed by atoms with Gasteiger partial charge in [0, 0.05) is 0 Å². The average Bonchev–Trinajstić information content (AvgIpc) is 2.99. The molecule has 1 N–H and O–H groups in total. The van der Waals surface area contributed by atoms with Gasteiger partial charge >= 0.3 is 0 Å². The number of hydrogen-bond acceptors (Lipinski definition) is 1. The van der Waals surface area contributed by atoms with E-state index < -0.39 is 0 Å². The van der Waals surface area contributed by atoms with E-state index in [0.717, 1.165) is 36.5 Å². The van der Waals surface area contributed by atoms with Crippen LogP contribution >= 0.6 is 0 Å². The Labute approximate surface area is 174 Å². The molecule has 7 unspecified atom stereocenters. The first-order valence-electron chi connectivity index (χ1n) is 12.3. The maximum atomic E-state index is 10.2. The summed E-state index contributed by atoms with van der Waals surface area (Å²) in [5, 5.41) is 10.2. The van der Waals surface area contributed by atoms with Crippen molar-refractivity contribution in [3.05, 3.63) is 23.8 Å². The molecule has 0 radical (unpaired) electrons. The van der Waals surface area contributed by atoms with Gasteiger partial charge in [-0.25, -0.2) is 0 Å². The number of rotatable bonds is 5. The molecular formula is C27H44O. The zero-order chi connectivity index (χ0) is 20.1. The second kappa shape index (κ2) is 7.60. The molecule has 0 aromatic carbocycles. The molecule has 28 heavy (non-hydrogen) atoms. The molecule has 0 aromatic heterocycles. The third-order valence-electron chi connectivity index (χ3n) is 10.1. The number of aliphatic hydroxyl groups excluding tert-OH is 1. The summed E-state index contributed by atoms with van der Waals surface area (Å²) in [7, 11) is 0. The third-order valence-corrected chi connectivity index (χ3v) is 10.1. The smallest absolute Gasteiger partial charge is 0.0577 e. The summed E-state index contributed by atoms with van der Waals surface area (Å²) < 4.78 is 0. The monoisotopic (exact) mass is 384 g/mol. The second-order valence-corrected chi connectivity index (χ2v) is 11.7. The molecule has 0 heterocycles. The van der Waals surface area contributed by atoms with Crippen LogP contribution in [0.15, 0.2) is 23.8 Å². The maximum absolute atomic E-state index is 10.2. The van der Waals surface area contributed by atoms with E-state index in [-0.39, 0.29) is 6.10 Å². The summed E-state index contributed by atoms with van der Waals surface area (Å²) >= 11 is 0. The molecular weight excluding hydrogens is 340 g/mol. The predicted molar refractivity (Wildman–Crippen MR) is 119 cm³/mol. The average molecular weight is 385 g/mol. The maximum Gasteiger partial charge on any atom is 0.0577 e. The van der Waals surface area contributed by atoms with Gasteiger partial charge in [-0.1, -0.05) is 51.5 Å². The number of hydrogen-bond donors (Lipinski definition) is 1. The molecule has 7 atom stereocenters. The van der Waals surface area contributed by atoms with Crippen molar-refractivity contribution in [3.63, 3.8) is 0 Å². The van der Waals surface area contributed by atoms with E-state index in [9.17, 15) is 5.11 Å². The van der Waals surface area contributed by atoms with Crippen molar-refractivity contribution in [3.8, 4) is 0 Å². The number of aliphatic hydroxyl groups is 1. The molecule has 1 heteroatoms. The molecule has 3 fully saturated rings. The fourth-order valence-corrected chi connectivity index (χ4v) is 8.09. The lowest BCUT2D eigenvalue weighted by Gasteiger charge is -2.58. The van der Waals surface area contributed by atoms with Gasteiger partial charge in [0.15, 0.2) is 0 Å². The van der Waals surface area contributed by atoms with Gasteiger partial charge in [-0.3, -0.25) is 0 Å². The minimum atomic E-state index is -0.0822. The minimum absolute atomic E-state index is 0.0822. The Morgan fingerprint density at radius 3 is 2.68 bits per heavy atom. The molecule has 0 bridgehead atoms. The zero-order valence-corrected chi connectivity index (χ0v) is 19.0. The van der Waals surface area contributed by atoms with Gasteiger partial charge in [0.2, 0.25) is 0 Å². The van der Waals surface area contributed by atoms with Crippen LogP contribution in [0, 0.1) is 40.4 Å². The summed E-state index contributed by atoms with van der Waals surface area (Å²) in [6.45, 7) is 14.1. The standard InChI is InChI=1S/C27H44O/c1-18(2)19(3)7-6-8-20-10-12-24-23-11-9-21-17-22(28)13-15-27(21,5)25(23)14-16-26(20,24)4/h9,18,20,22-25,28H,3,6-8,10-17H2,1-2,4-5H3. The van der Waals surface area contributed by atoms with Gasteiger partial charge in [0.1, 0.15) is 0 Å². The minimum Gasteiger partial charge on any atom is -0.393 e. The molecule has 0 saturated heterocycles. The first-order valence-corrected chi connectivity index (χ1v) is 12.3. The summed E-state index contributed by atoms with van der Waals surface area (Å²) in [5.41, 5.74) is 4.02. The quantitative estimate of drug-likeness (QED) is 0.493. The van der Waals surface area contributed by atoms with Crippen LogP contribution in [-0.2, 0) is 0 Å². The lowest BCUT2D eigenvalue weighted by molar-refractivity contribution is -0.0508. The fraction of sp³-hybridized carbons (Fsp3) is 0.852. The van der Waals surface area contributed by atoms with Gasteiger partial charge in [-0.15, -0.1) is 0 Å². The zero-order valence-electron chi connectivity index (χ0n) is 19.0. The Morgan fingerprint density at radius 2 is 1.93 bits per heavy atom. The van der Waals surface area contributed by atoms with Crippen LogP contribution < -0.4 is 0 Å². The Bertz CT molecular complexity index is 630. The molecule has 0 spiro atoms. The molecule has 4 rings (SSSR count). The van der Waals surface area contributed by atoms with Crippen molar-refractivity contribution >= 4 is 0 Å². The van der Waals surface area contributed by atoms with E-state index in [1.165, 1.54) is 63.4 Å². The highest BCUT2D eigenvalue weighted by atomic mass is 16.3. The lowest BCUT2D eigenvalue weighted by Crippen LogP contribution is -2.50. The Hall–Kier alpha value is -0.560. The highest BCUT2D eigenvalue weighted by Gasteiger charge is 2.58. The van der Waals surface area contributed by atoms with Crippen LogP contribution in [0.5, 0.6) is 0 Å². The first-order chi connectivity index (χ1) is 13.3. The fourth-order valence-electron chi connectivity index (χ4n) is 8.09. The van der Waals surface area contributed by atoms with Crippen molar-refractivity contribution in [2.24, 2.45) is 40.4 Å². The molecule has 0 aliphatic heterocycles. The van der Waals surface area contributed by atoms with Crippen LogP contribution in [0.1, 0.15) is 98.3 Å². The van der Waals surface area contributed by atoms with E-state index >= 15 is 0 Å². The Kier molecular flexibility index (Phi) is 5.62. The SMILES string of the molecule is C=C(CCCC1CCC2C3CC=C4CC(O)CCC4(C)C3CCC12C)C(C)C. The molecule has 4 aliphatic carbocycles. The molecule has 158 valence electrons. The molecule has 4 aliphatic rings. The largest absolute Gasteiger partial charge is 0.393 e. The van der Waals surface area contributed by atoms with Crippen molar-refractivity contribution < 1.29 is 5.11 Å². The normalized spacial score (nSPS) is 45.2. The van der Waals surface area contributed by atoms with Crippen LogP contribution in [0.4, 0.5) is 0 Å². The molecule has 0 aromatic rings. The van der Waals surface area contributed by atoms with Gasteiger partial charge in [-0.05, 0) is 111 Å². The van der Waals surface area contributed by atoms with Gasteiger partial charge < -0.3 is 5.11 Å². The van der Waals surface area contributed by atoms with E-state index in [0.29, 0.717) is 16.7 Å². The third kappa shape index (κ3) is 3.34. The van der Waals surface area contributed by atoms with Crippen LogP contribution in [0.25, 0.3) is 0 Å². The van der Waals surface area contributed by atoms with Crippen molar-refractivity contribution in [1.29, 1.82) is 0 Å². The lowest BCUT2D eigenvalue weighted by atomic mass is 9.47. The van der Waals surface area contributed by atoms with Gasteiger partial charge in [-0.2, -0.15) is 0 Å². The summed E-state index contributed by atoms with van der Waals surface area (Å²) in [4.78, 5) is 0. The molecule has 1 nitrogen and oxygen atoms in total. The van der Waals surface area contributed by atoms with Gasteiger partial charge in [0.25, 0.3) is 0 Å². The van der Waals surface area contributed by atoms with Gasteiger partial charge in [0.05, 0.1) is 6.10 Å².